The van der Waals surface area contributed by atoms with Gasteiger partial charge in [-0.05, 0) is 12.1 Å². The molecular weight excluding hydrogens is 289 g/mol. The Morgan fingerprint density at radius 3 is 2.77 bits per heavy atom. The lowest BCUT2D eigenvalue weighted by Crippen LogP contribution is -2.01. The van der Waals surface area contributed by atoms with E-state index in [4.69, 9.17) is 0 Å². The Morgan fingerprint density at radius 2 is 2.09 bits per heavy atom. The SMILES string of the molecule is CC(=O)c1c(-c2cccc([N+](=O)[O-])c2)nc2ccc(F)cn12. The van der Waals surface area contributed by atoms with Crippen LogP contribution in [-0.2, 0) is 0 Å². The maximum absolute atomic E-state index is 13.4. The topological polar surface area (TPSA) is 77.5 Å². The number of carbonyl (C=O) groups is 1. The van der Waals surface area contributed by atoms with E-state index in [1.165, 1.54) is 47.9 Å². The minimum Gasteiger partial charge on any atom is -0.294 e. The van der Waals surface area contributed by atoms with Crippen molar-refractivity contribution < 1.29 is 14.1 Å². The fourth-order valence-electron chi connectivity index (χ4n) is 2.32. The molecule has 0 saturated carbocycles. The monoisotopic (exact) mass is 299 g/mol. The zero-order valence-electron chi connectivity index (χ0n) is 11.5. The van der Waals surface area contributed by atoms with Crippen LogP contribution in [0.15, 0.2) is 42.6 Å². The number of fused-ring (bicyclic) bond motifs is 1. The lowest BCUT2D eigenvalue weighted by atomic mass is 10.1. The minimum absolute atomic E-state index is 0.102. The first-order valence-electron chi connectivity index (χ1n) is 6.41. The predicted octanol–water partition coefficient (Wildman–Crippen LogP) is 3.25. The second kappa shape index (κ2) is 5.03. The van der Waals surface area contributed by atoms with Crippen LogP contribution in [0, 0.1) is 15.9 Å². The second-order valence-electron chi connectivity index (χ2n) is 4.75. The number of benzene rings is 1. The molecule has 0 aliphatic rings. The molecule has 0 bridgehead atoms. The lowest BCUT2D eigenvalue weighted by Gasteiger charge is -2.02. The Kier molecular flexibility index (Phi) is 3.17. The molecule has 0 fully saturated rings. The van der Waals surface area contributed by atoms with Crippen LogP contribution >= 0.6 is 0 Å². The molecule has 0 saturated heterocycles. The van der Waals surface area contributed by atoms with Gasteiger partial charge in [-0.1, -0.05) is 12.1 Å². The van der Waals surface area contributed by atoms with Crippen LogP contribution in [0.25, 0.3) is 16.9 Å². The smallest absolute Gasteiger partial charge is 0.270 e. The molecule has 110 valence electrons. The van der Waals surface area contributed by atoms with E-state index in [-0.39, 0.29) is 17.2 Å². The fraction of sp³-hybridized carbons (Fsp3) is 0.0667. The van der Waals surface area contributed by atoms with Gasteiger partial charge in [0.15, 0.2) is 5.78 Å². The van der Waals surface area contributed by atoms with E-state index in [1.54, 1.807) is 6.07 Å². The standard InChI is InChI=1S/C15H10FN3O3/c1-9(20)15-14(10-3-2-4-12(7-10)19(21)22)17-13-6-5-11(16)8-18(13)15/h2-8H,1H3. The molecule has 0 unspecified atom stereocenters. The van der Waals surface area contributed by atoms with Crippen molar-refractivity contribution in [3.63, 3.8) is 0 Å². The molecule has 0 spiro atoms. The summed E-state index contributed by atoms with van der Waals surface area (Å²) in [4.78, 5) is 26.6. The van der Waals surface area contributed by atoms with Crippen molar-refractivity contribution in [2.75, 3.05) is 0 Å². The maximum atomic E-state index is 13.4. The van der Waals surface area contributed by atoms with Gasteiger partial charge in [0.1, 0.15) is 22.9 Å². The molecule has 6 nitrogen and oxygen atoms in total. The average Bonchev–Trinajstić information content (AvgIpc) is 2.86. The van der Waals surface area contributed by atoms with Gasteiger partial charge in [0.2, 0.25) is 0 Å². The van der Waals surface area contributed by atoms with Crippen molar-refractivity contribution in [3.8, 4) is 11.3 Å². The van der Waals surface area contributed by atoms with Gasteiger partial charge in [-0.3, -0.25) is 19.3 Å². The third-order valence-electron chi connectivity index (χ3n) is 3.25. The van der Waals surface area contributed by atoms with E-state index in [0.29, 0.717) is 16.9 Å². The number of hydrogen-bond donors (Lipinski definition) is 0. The highest BCUT2D eigenvalue weighted by molar-refractivity contribution is 5.99. The van der Waals surface area contributed by atoms with E-state index in [0.717, 1.165) is 0 Å². The van der Waals surface area contributed by atoms with Gasteiger partial charge in [0, 0.05) is 30.8 Å². The van der Waals surface area contributed by atoms with Crippen LogP contribution < -0.4 is 0 Å². The summed E-state index contributed by atoms with van der Waals surface area (Å²) in [7, 11) is 0. The van der Waals surface area contributed by atoms with Crippen molar-refractivity contribution in [3.05, 3.63) is 64.2 Å². The Labute approximate surface area is 124 Å². The van der Waals surface area contributed by atoms with Gasteiger partial charge in [-0.2, -0.15) is 0 Å². The van der Waals surface area contributed by atoms with Crippen molar-refractivity contribution in [1.82, 2.24) is 9.38 Å². The molecule has 0 aliphatic heterocycles. The zero-order valence-corrected chi connectivity index (χ0v) is 11.5. The third-order valence-corrected chi connectivity index (χ3v) is 3.25. The molecule has 2 aromatic heterocycles. The molecule has 0 amide bonds. The quantitative estimate of drug-likeness (QED) is 0.422. The van der Waals surface area contributed by atoms with Crippen LogP contribution in [0.3, 0.4) is 0 Å². The highest BCUT2D eigenvalue weighted by Gasteiger charge is 2.19. The highest BCUT2D eigenvalue weighted by atomic mass is 19.1. The van der Waals surface area contributed by atoms with Crippen molar-refractivity contribution in [2.24, 2.45) is 0 Å². The van der Waals surface area contributed by atoms with Crippen molar-refractivity contribution in [2.45, 2.75) is 6.92 Å². The first-order chi connectivity index (χ1) is 10.5. The minimum atomic E-state index is -0.521. The summed E-state index contributed by atoms with van der Waals surface area (Å²) in [5, 5.41) is 10.9. The lowest BCUT2D eigenvalue weighted by molar-refractivity contribution is -0.384. The van der Waals surface area contributed by atoms with Crippen molar-refractivity contribution in [1.29, 1.82) is 0 Å². The average molecular weight is 299 g/mol. The summed E-state index contributed by atoms with van der Waals surface area (Å²) in [6.45, 7) is 1.34. The Bertz CT molecular complexity index is 918. The van der Waals surface area contributed by atoms with Gasteiger partial charge in [-0.25, -0.2) is 9.37 Å². The molecule has 3 rings (SSSR count). The first kappa shape index (κ1) is 13.9. The summed E-state index contributed by atoms with van der Waals surface area (Å²) < 4.78 is 14.8. The summed E-state index contributed by atoms with van der Waals surface area (Å²) in [6.07, 6.45) is 1.17. The number of nitrogens with zero attached hydrogens (tertiary/aromatic N) is 3. The second-order valence-corrected chi connectivity index (χ2v) is 4.75. The molecule has 0 aliphatic carbocycles. The first-order valence-corrected chi connectivity index (χ1v) is 6.41. The number of imidazole rings is 1. The molecule has 0 radical (unpaired) electrons. The highest BCUT2D eigenvalue weighted by Crippen LogP contribution is 2.28. The summed E-state index contributed by atoms with van der Waals surface area (Å²) >= 11 is 0. The van der Waals surface area contributed by atoms with Gasteiger partial charge in [0.25, 0.3) is 5.69 Å². The third kappa shape index (κ3) is 2.22. The molecule has 7 heteroatoms. The molecule has 2 heterocycles. The number of non-ortho nitro benzene ring substituents is 1. The van der Waals surface area contributed by atoms with E-state index in [1.807, 2.05) is 0 Å². The number of hydrogen-bond acceptors (Lipinski definition) is 4. The Hall–Kier alpha value is -3.09. The van der Waals surface area contributed by atoms with E-state index >= 15 is 0 Å². The van der Waals surface area contributed by atoms with Crippen LogP contribution in [0.1, 0.15) is 17.4 Å². The number of carbonyl (C=O) groups excluding carboxylic acids is 1. The Balaban J connectivity index is 2.31. The summed E-state index contributed by atoms with van der Waals surface area (Å²) in [5.74, 6) is -0.808. The van der Waals surface area contributed by atoms with Gasteiger partial charge in [-0.15, -0.1) is 0 Å². The zero-order chi connectivity index (χ0) is 15.9. The maximum Gasteiger partial charge on any atom is 0.270 e. The van der Waals surface area contributed by atoms with Crippen LogP contribution in [0.5, 0.6) is 0 Å². The molecule has 1 aromatic carbocycles. The van der Waals surface area contributed by atoms with Crippen LogP contribution in [0.2, 0.25) is 0 Å². The van der Waals surface area contributed by atoms with Gasteiger partial charge >= 0.3 is 0 Å². The van der Waals surface area contributed by atoms with Crippen molar-refractivity contribution >= 4 is 17.1 Å². The van der Waals surface area contributed by atoms with E-state index in [9.17, 15) is 19.3 Å². The molecule has 0 atom stereocenters. The Morgan fingerprint density at radius 1 is 1.32 bits per heavy atom. The number of Topliss-reactive ketones (excluding diaryl/α,β-unsaturated/α-hetero) is 1. The number of ketones is 1. The predicted molar refractivity (Wildman–Crippen MR) is 77.2 cm³/mol. The number of halogens is 1. The number of rotatable bonds is 3. The number of nitro benzene ring substituents is 1. The summed E-state index contributed by atoms with van der Waals surface area (Å²) in [6, 6.07) is 8.52. The molecule has 0 N–H and O–H groups in total. The summed E-state index contributed by atoms with van der Waals surface area (Å²) in [5.41, 5.74) is 1.21. The van der Waals surface area contributed by atoms with Gasteiger partial charge < -0.3 is 0 Å². The normalized spacial score (nSPS) is 10.8. The number of aromatic nitrogens is 2. The number of nitro groups is 1. The molecule has 22 heavy (non-hydrogen) atoms. The van der Waals surface area contributed by atoms with Crippen LogP contribution in [-0.4, -0.2) is 20.1 Å². The van der Waals surface area contributed by atoms with Gasteiger partial charge in [0.05, 0.1) is 4.92 Å². The van der Waals surface area contributed by atoms with E-state index in [2.05, 4.69) is 4.98 Å². The van der Waals surface area contributed by atoms with E-state index < -0.39 is 10.7 Å². The molecular formula is C15H10FN3O3. The molecule has 3 aromatic rings. The largest absolute Gasteiger partial charge is 0.294 e. The number of pyridine rings is 1. The van der Waals surface area contributed by atoms with Crippen LogP contribution in [0.4, 0.5) is 10.1 Å². The fourth-order valence-corrected chi connectivity index (χ4v) is 2.32.